The maximum absolute atomic E-state index is 13.0. The fourth-order valence-corrected chi connectivity index (χ4v) is 3.50. The standard InChI is InChI=1S/C25H27NO4/c1-18(2)30-17-9-16-26-23(20-12-7-4-8-13-20)22(24(28)25(26)29)21(27)15-14-19-10-5-3-6-11-19/h3-8,10-15,18,23,28H,9,16-17H2,1-2H3/b15-14+/t23-/m1/s1. The molecule has 0 unspecified atom stereocenters. The Morgan fingerprint density at radius 3 is 2.37 bits per heavy atom. The summed E-state index contributed by atoms with van der Waals surface area (Å²) in [5.41, 5.74) is 1.77. The Bertz CT molecular complexity index is 932. The Morgan fingerprint density at radius 2 is 1.73 bits per heavy atom. The summed E-state index contributed by atoms with van der Waals surface area (Å²) in [7, 11) is 0. The van der Waals surface area contributed by atoms with Gasteiger partial charge in [0.1, 0.15) is 0 Å². The van der Waals surface area contributed by atoms with Gasteiger partial charge < -0.3 is 14.7 Å². The molecule has 1 aliphatic rings. The van der Waals surface area contributed by atoms with Gasteiger partial charge in [0.15, 0.2) is 11.5 Å². The van der Waals surface area contributed by atoms with Crippen LogP contribution in [0.4, 0.5) is 0 Å². The SMILES string of the molecule is CC(C)OCCCN1C(=O)C(O)=C(C(=O)/C=C/c2ccccc2)[C@H]1c1ccccc1. The number of allylic oxidation sites excluding steroid dienone is 1. The number of hydrogen-bond donors (Lipinski definition) is 1. The molecule has 0 aliphatic carbocycles. The third-order valence-electron chi connectivity index (χ3n) is 4.91. The lowest BCUT2D eigenvalue weighted by atomic mass is 9.95. The van der Waals surface area contributed by atoms with Crippen LogP contribution in [0.5, 0.6) is 0 Å². The number of rotatable bonds is 9. The van der Waals surface area contributed by atoms with Crippen LogP contribution in [-0.4, -0.2) is 41.0 Å². The Morgan fingerprint density at radius 1 is 1.10 bits per heavy atom. The van der Waals surface area contributed by atoms with Crippen molar-refractivity contribution in [3.05, 3.63) is 89.2 Å². The molecule has 0 radical (unpaired) electrons. The molecule has 3 rings (SSSR count). The van der Waals surface area contributed by atoms with Crippen molar-refractivity contribution in [3.63, 3.8) is 0 Å². The number of ether oxygens (including phenoxy) is 1. The number of amides is 1. The van der Waals surface area contributed by atoms with E-state index in [1.807, 2.05) is 74.5 Å². The average Bonchev–Trinajstić information content (AvgIpc) is 3.01. The molecule has 1 amide bonds. The highest BCUT2D eigenvalue weighted by Crippen LogP contribution is 2.38. The molecule has 1 heterocycles. The molecule has 0 aromatic heterocycles. The molecule has 30 heavy (non-hydrogen) atoms. The molecular weight excluding hydrogens is 378 g/mol. The smallest absolute Gasteiger partial charge is 0.290 e. The fraction of sp³-hybridized carbons (Fsp3) is 0.280. The number of carbonyl (C=O) groups excluding carboxylic acids is 2. The van der Waals surface area contributed by atoms with Crippen LogP contribution in [0.25, 0.3) is 6.08 Å². The van der Waals surface area contributed by atoms with Gasteiger partial charge in [-0.2, -0.15) is 0 Å². The van der Waals surface area contributed by atoms with Crippen molar-refractivity contribution in [3.8, 4) is 0 Å². The van der Waals surface area contributed by atoms with E-state index in [0.29, 0.717) is 19.6 Å². The van der Waals surface area contributed by atoms with Crippen molar-refractivity contribution >= 4 is 17.8 Å². The highest BCUT2D eigenvalue weighted by molar-refractivity contribution is 6.14. The molecule has 156 valence electrons. The zero-order valence-corrected chi connectivity index (χ0v) is 17.3. The number of benzene rings is 2. The Hall–Kier alpha value is -3.18. The maximum atomic E-state index is 13.0. The van der Waals surface area contributed by atoms with Gasteiger partial charge in [-0.15, -0.1) is 0 Å². The number of ketones is 1. The Kier molecular flexibility index (Phi) is 7.20. The summed E-state index contributed by atoms with van der Waals surface area (Å²) in [6.45, 7) is 4.79. The van der Waals surface area contributed by atoms with Crippen LogP contribution in [0.3, 0.4) is 0 Å². The van der Waals surface area contributed by atoms with Crippen LogP contribution in [0, 0.1) is 0 Å². The third kappa shape index (κ3) is 5.05. The van der Waals surface area contributed by atoms with Crippen molar-refractivity contribution in [2.24, 2.45) is 0 Å². The first-order valence-electron chi connectivity index (χ1n) is 10.2. The summed E-state index contributed by atoms with van der Waals surface area (Å²) < 4.78 is 5.57. The summed E-state index contributed by atoms with van der Waals surface area (Å²) >= 11 is 0. The number of hydrogen-bond acceptors (Lipinski definition) is 4. The normalized spacial score (nSPS) is 16.8. The fourth-order valence-electron chi connectivity index (χ4n) is 3.50. The number of aliphatic hydroxyl groups excluding tert-OH is 1. The number of carbonyl (C=O) groups is 2. The largest absolute Gasteiger partial charge is 0.503 e. The van der Waals surface area contributed by atoms with Gasteiger partial charge in [0, 0.05) is 13.2 Å². The van der Waals surface area contributed by atoms with Gasteiger partial charge in [0.05, 0.1) is 17.7 Å². The average molecular weight is 405 g/mol. The monoisotopic (exact) mass is 405 g/mol. The van der Waals surface area contributed by atoms with E-state index in [9.17, 15) is 14.7 Å². The molecule has 0 saturated heterocycles. The van der Waals surface area contributed by atoms with Crippen molar-refractivity contribution < 1.29 is 19.4 Å². The van der Waals surface area contributed by atoms with Gasteiger partial charge in [0.2, 0.25) is 0 Å². The van der Waals surface area contributed by atoms with Gasteiger partial charge in [-0.3, -0.25) is 9.59 Å². The van der Waals surface area contributed by atoms with Crippen molar-refractivity contribution in [2.75, 3.05) is 13.2 Å². The maximum Gasteiger partial charge on any atom is 0.290 e. The minimum atomic E-state index is -0.620. The summed E-state index contributed by atoms with van der Waals surface area (Å²) in [5.74, 6) is -1.37. The number of aliphatic hydroxyl groups is 1. The highest BCUT2D eigenvalue weighted by atomic mass is 16.5. The van der Waals surface area contributed by atoms with Crippen LogP contribution in [-0.2, 0) is 14.3 Å². The lowest BCUT2D eigenvalue weighted by Crippen LogP contribution is -2.32. The van der Waals surface area contributed by atoms with Crippen LogP contribution in [0.1, 0.15) is 37.4 Å². The minimum Gasteiger partial charge on any atom is -0.503 e. The van der Waals surface area contributed by atoms with E-state index in [4.69, 9.17) is 4.74 Å². The van der Waals surface area contributed by atoms with Gasteiger partial charge in [0.25, 0.3) is 5.91 Å². The van der Waals surface area contributed by atoms with E-state index >= 15 is 0 Å². The molecule has 5 nitrogen and oxygen atoms in total. The van der Waals surface area contributed by atoms with E-state index in [-0.39, 0.29) is 17.5 Å². The first-order valence-corrected chi connectivity index (χ1v) is 10.2. The van der Waals surface area contributed by atoms with E-state index < -0.39 is 17.7 Å². The third-order valence-corrected chi connectivity index (χ3v) is 4.91. The summed E-state index contributed by atoms with van der Waals surface area (Å²) in [5, 5.41) is 10.6. The minimum absolute atomic E-state index is 0.107. The topological polar surface area (TPSA) is 66.8 Å². The second kappa shape index (κ2) is 10.0. The lowest BCUT2D eigenvalue weighted by molar-refractivity contribution is -0.129. The van der Waals surface area contributed by atoms with Crippen LogP contribution in [0.2, 0.25) is 0 Å². The zero-order chi connectivity index (χ0) is 21.5. The van der Waals surface area contributed by atoms with Crippen molar-refractivity contribution in [1.82, 2.24) is 4.90 Å². The first kappa shape index (κ1) is 21.5. The molecule has 0 fully saturated rings. The predicted octanol–water partition coefficient (Wildman–Crippen LogP) is 4.48. The first-order chi connectivity index (χ1) is 14.5. The van der Waals surface area contributed by atoms with Crippen LogP contribution >= 0.6 is 0 Å². The van der Waals surface area contributed by atoms with E-state index in [2.05, 4.69) is 0 Å². The second-order valence-corrected chi connectivity index (χ2v) is 7.46. The molecule has 1 atom stereocenters. The van der Waals surface area contributed by atoms with Gasteiger partial charge in [-0.1, -0.05) is 66.7 Å². The van der Waals surface area contributed by atoms with E-state index in [0.717, 1.165) is 11.1 Å². The zero-order valence-electron chi connectivity index (χ0n) is 17.3. The summed E-state index contributed by atoms with van der Waals surface area (Å²) in [4.78, 5) is 27.4. The molecular formula is C25H27NO4. The predicted molar refractivity (Wildman–Crippen MR) is 117 cm³/mol. The highest BCUT2D eigenvalue weighted by Gasteiger charge is 2.42. The van der Waals surface area contributed by atoms with Gasteiger partial charge in [-0.05, 0) is 37.5 Å². The molecule has 1 N–H and O–H groups in total. The van der Waals surface area contributed by atoms with E-state index in [1.54, 1.807) is 11.0 Å². The quantitative estimate of drug-likeness (QED) is 0.493. The van der Waals surface area contributed by atoms with Gasteiger partial charge >= 0.3 is 0 Å². The molecule has 0 spiro atoms. The molecule has 1 aliphatic heterocycles. The van der Waals surface area contributed by atoms with Crippen molar-refractivity contribution in [1.29, 1.82) is 0 Å². The molecule has 2 aromatic carbocycles. The summed E-state index contributed by atoms with van der Waals surface area (Å²) in [6.07, 6.45) is 3.82. The molecule has 0 bridgehead atoms. The molecule has 2 aromatic rings. The number of nitrogens with zero attached hydrogens (tertiary/aromatic N) is 1. The van der Waals surface area contributed by atoms with Gasteiger partial charge in [-0.25, -0.2) is 0 Å². The summed E-state index contributed by atoms with van der Waals surface area (Å²) in [6, 6.07) is 18.1. The molecule has 5 heteroatoms. The second-order valence-electron chi connectivity index (χ2n) is 7.46. The van der Waals surface area contributed by atoms with Crippen LogP contribution < -0.4 is 0 Å². The van der Waals surface area contributed by atoms with E-state index in [1.165, 1.54) is 6.08 Å². The van der Waals surface area contributed by atoms with Crippen molar-refractivity contribution in [2.45, 2.75) is 32.4 Å². The molecule has 0 saturated carbocycles. The Balaban J connectivity index is 1.86. The Labute approximate surface area is 177 Å². The lowest BCUT2D eigenvalue weighted by Gasteiger charge is -2.26. The van der Waals surface area contributed by atoms with Crippen LogP contribution in [0.15, 0.2) is 78.1 Å².